The van der Waals surface area contributed by atoms with Crippen molar-refractivity contribution in [3.8, 4) is 0 Å². The fourth-order valence-electron chi connectivity index (χ4n) is 3.29. The van der Waals surface area contributed by atoms with Gasteiger partial charge in [0.15, 0.2) is 0 Å². The summed E-state index contributed by atoms with van der Waals surface area (Å²) < 4.78 is 0. The number of likely N-dealkylation sites (tertiary alicyclic amines) is 1. The summed E-state index contributed by atoms with van der Waals surface area (Å²) in [6.45, 7) is 1.63. The lowest BCUT2D eigenvalue weighted by atomic mass is 9.78. The van der Waals surface area contributed by atoms with Gasteiger partial charge in [0.25, 0.3) is 0 Å². The fraction of sp³-hybridized carbons (Fsp3) is 0.583. The van der Waals surface area contributed by atoms with E-state index in [0.717, 1.165) is 13.0 Å². The molecule has 4 heteroatoms. The Morgan fingerprint density at radius 2 is 2.19 bits per heavy atom. The summed E-state index contributed by atoms with van der Waals surface area (Å²) in [5, 5.41) is 12.7. The van der Waals surface area contributed by atoms with Crippen LogP contribution in [-0.4, -0.2) is 41.3 Å². The van der Waals surface area contributed by atoms with Gasteiger partial charge in [0.2, 0.25) is 0 Å². The Balaban J connectivity index is 1.89. The number of piperidine rings is 1. The Hall–Kier alpha value is -1.29. The van der Waals surface area contributed by atoms with Crippen molar-refractivity contribution in [2.24, 2.45) is 11.8 Å². The van der Waals surface area contributed by atoms with Gasteiger partial charge in [-0.3, -0.25) is 0 Å². The predicted molar refractivity (Wildman–Crippen MR) is 60.2 cm³/mol. The molecule has 3 rings (SSSR count). The van der Waals surface area contributed by atoms with Crippen molar-refractivity contribution in [3.05, 3.63) is 24.3 Å². The highest BCUT2D eigenvalue weighted by atomic mass is 16.4. The maximum Gasteiger partial charge on any atom is 0.407 e. The van der Waals surface area contributed by atoms with Gasteiger partial charge in [-0.05, 0) is 12.3 Å². The van der Waals surface area contributed by atoms with Gasteiger partial charge in [-0.15, -0.1) is 0 Å². The first-order chi connectivity index (χ1) is 7.77. The molecule has 0 spiro atoms. The normalized spacial score (nSPS) is 40.6. The number of hydrogen-bond acceptors (Lipinski definition) is 2. The van der Waals surface area contributed by atoms with Crippen LogP contribution in [0.25, 0.3) is 0 Å². The molecule has 2 aliphatic heterocycles. The molecular formula is C12H16N2O2. The van der Waals surface area contributed by atoms with Crippen LogP contribution in [0.2, 0.25) is 0 Å². The summed E-state index contributed by atoms with van der Waals surface area (Å²) in [7, 11) is 0. The van der Waals surface area contributed by atoms with Gasteiger partial charge in [0, 0.05) is 31.1 Å². The standard InChI is InChI=1S/C12H16N2O2/c15-12(16)14-6-5-8-7-13-10-4-2-1-3-9(10)11(8)14/h1-4,8-11,13H,5-7H2,(H,15,16)/t8-,9?,10?,11-/m1/s1. The van der Waals surface area contributed by atoms with Crippen LogP contribution in [0, 0.1) is 11.8 Å². The zero-order valence-corrected chi connectivity index (χ0v) is 9.04. The van der Waals surface area contributed by atoms with E-state index in [2.05, 4.69) is 17.5 Å². The third-order valence-corrected chi connectivity index (χ3v) is 4.02. The van der Waals surface area contributed by atoms with Crippen LogP contribution in [0.1, 0.15) is 6.42 Å². The summed E-state index contributed by atoms with van der Waals surface area (Å²) >= 11 is 0. The quantitative estimate of drug-likeness (QED) is 0.642. The van der Waals surface area contributed by atoms with Gasteiger partial charge in [-0.1, -0.05) is 24.3 Å². The minimum absolute atomic E-state index is 0.171. The molecule has 0 aromatic heterocycles. The Morgan fingerprint density at radius 1 is 1.38 bits per heavy atom. The van der Waals surface area contributed by atoms with Gasteiger partial charge in [-0.25, -0.2) is 4.79 Å². The molecule has 86 valence electrons. The molecule has 2 unspecified atom stereocenters. The summed E-state index contributed by atoms with van der Waals surface area (Å²) in [6, 6.07) is 0.483. The smallest absolute Gasteiger partial charge is 0.407 e. The van der Waals surface area contributed by atoms with Crippen LogP contribution in [0.3, 0.4) is 0 Å². The van der Waals surface area contributed by atoms with Gasteiger partial charge >= 0.3 is 6.09 Å². The number of allylic oxidation sites excluding steroid dienone is 2. The topological polar surface area (TPSA) is 52.6 Å². The third-order valence-electron chi connectivity index (χ3n) is 4.02. The second kappa shape index (κ2) is 3.63. The van der Waals surface area contributed by atoms with E-state index in [4.69, 9.17) is 0 Å². The highest BCUT2D eigenvalue weighted by molar-refractivity contribution is 5.66. The number of carbonyl (C=O) groups is 1. The van der Waals surface area contributed by atoms with Crippen molar-refractivity contribution in [2.45, 2.75) is 18.5 Å². The van der Waals surface area contributed by atoms with Crippen molar-refractivity contribution in [2.75, 3.05) is 13.1 Å². The van der Waals surface area contributed by atoms with E-state index >= 15 is 0 Å². The minimum atomic E-state index is -0.767. The SMILES string of the molecule is O=C(O)N1CC[C@@H]2CNC3C=CC=CC3[C@@H]21. The first-order valence-corrected chi connectivity index (χ1v) is 5.85. The average molecular weight is 220 g/mol. The number of carboxylic acid groups (broad SMARTS) is 1. The predicted octanol–water partition coefficient (Wildman–Crippen LogP) is 1.07. The van der Waals surface area contributed by atoms with Gasteiger partial charge in [0.1, 0.15) is 0 Å². The van der Waals surface area contributed by atoms with Crippen LogP contribution in [0.5, 0.6) is 0 Å². The van der Waals surface area contributed by atoms with Crippen LogP contribution in [0.4, 0.5) is 4.79 Å². The van der Waals surface area contributed by atoms with Gasteiger partial charge < -0.3 is 15.3 Å². The van der Waals surface area contributed by atoms with Gasteiger partial charge in [0.05, 0.1) is 0 Å². The van der Waals surface area contributed by atoms with Crippen LogP contribution < -0.4 is 5.32 Å². The van der Waals surface area contributed by atoms with E-state index in [1.165, 1.54) is 0 Å². The summed E-state index contributed by atoms with van der Waals surface area (Å²) in [6.07, 6.45) is 8.58. The molecule has 1 aliphatic carbocycles. The summed E-state index contributed by atoms with van der Waals surface area (Å²) in [5.74, 6) is 0.788. The lowest BCUT2D eigenvalue weighted by molar-refractivity contribution is 0.106. The van der Waals surface area contributed by atoms with E-state index < -0.39 is 6.09 Å². The molecule has 3 aliphatic rings. The van der Waals surface area contributed by atoms with E-state index in [9.17, 15) is 9.90 Å². The van der Waals surface area contributed by atoms with E-state index in [1.54, 1.807) is 4.90 Å². The number of amides is 1. The molecule has 0 aromatic carbocycles. The van der Waals surface area contributed by atoms with E-state index in [1.807, 2.05) is 12.2 Å². The largest absolute Gasteiger partial charge is 0.465 e. The zero-order chi connectivity index (χ0) is 11.1. The molecule has 4 nitrogen and oxygen atoms in total. The molecule has 2 heterocycles. The molecule has 0 bridgehead atoms. The summed E-state index contributed by atoms with van der Waals surface area (Å²) in [5.41, 5.74) is 0. The van der Waals surface area contributed by atoms with Crippen molar-refractivity contribution in [1.29, 1.82) is 0 Å². The Morgan fingerprint density at radius 3 is 3.00 bits per heavy atom. The molecule has 0 saturated carbocycles. The highest BCUT2D eigenvalue weighted by Crippen LogP contribution is 2.36. The van der Waals surface area contributed by atoms with Gasteiger partial charge in [-0.2, -0.15) is 0 Å². The lowest BCUT2D eigenvalue weighted by Crippen LogP contribution is -2.56. The van der Waals surface area contributed by atoms with E-state index in [-0.39, 0.29) is 6.04 Å². The molecule has 0 aromatic rings. The molecule has 0 radical (unpaired) electrons. The number of nitrogens with one attached hydrogen (secondary N) is 1. The first kappa shape index (κ1) is 9.90. The second-order valence-corrected chi connectivity index (χ2v) is 4.80. The molecule has 2 N–H and O–H groups in total. The molecule has 2 fully saturated rings. The van der Waals surface area contributed by atoms with Crippen LogP contribution in [0.15, 0.2) is 24.3 Å². The molecule has 1 amide bonds. The Kier molecular flexibility index (Phi) is 2.24. The van der Waals surface area contributed by atoms with Crippen molar-refractivity contribution >= 4 is 6.09 Å². The Bertz CT molecular complexity index is 364. The highest BCUT2D eigenvalue weighted by Gasteiger charge is 2.46. The molecule has 4 atom stereocenters. The number of fused-ring (bicyclic) bond motifs is 3. The molecule has 2 saturated heterocycles. The fourth-order valence-corrected chi connectivity index (χ4v) is 3.29. The second-order valence-electron chi connectivity index (χ2n) is 4.80. The minimum Gasteiger partial charge on any atom is -0.465 e. The van der Waals surface area contributed by atoms with Crippen molar-refractivity contribution in [1.82, 2.24) is 10.2 Å². The lowest BCUT2D eigenvalue weighted by Gasteiger charge is -2.41. The first-order valence-electron chi connectivity index (χ1n) is 5.85. The molecular weight excluding hydrogens is 204 g/mol. The molecule has 16 heavy (non-hydrogen) atoms. The van der Waals surface area contributed by atoms with E-state index in [0.29, 0.717) is 24.4 Å². The maximum absolute atomic E-state index is 11.2. The summed E-state index contributed by atoms with van der Waals surface area (Å²) in [4.78, 5) is 12.8. The number of nitrogens with zero attached hydrogens (tertiary/aromatic N) is 1. The number of rotatable bonds is 0. The van der Waals surface area contributed by atoms with Crippen LogP contribution in [-0.2, 0) is 0 Å². The van der Waals surface area contributed by atoms with Crippen molar-refractivity contribution in [3.63, 3.8) is 0 Å². The van der Waals surface area contributed by atoms with Crippen LogP contribution >= 0.6 is 0 Å². The number of hydrogen-bond donors (Lipinski definition) is 2. The Labute approximate surface area is 94.6 Å². The zero-order valence-electron chi connectivity index (χ0n) is 9.04. The average Bonchev–Trinajstić information content (AvgIpc) is 2.73. The third kappa shape index (κ3) is 1.37. The van der Waals surface area contributed by atoms with Crippen molar-refractivity contribution < 1.29 is 9.90 Å². The maximum atomic E-state index is 11.2. The monoisotopic (exact) mass is 220 g/mol.